The third-order valence-electron chi connectivity index (χ3n) is 11.0. The molecule has 1 N–H and O–H groups in total. The largest absolute Gasteiger partial charge is 0.408 e. The molecule has 3 unspecified atom stereocenters. The van der Waals surface area contributed by atoms with E-state index in [2.05, 4.69) is 58.2 Å². The molecular formula is C39H52F3N7O2. The van der Waals surface area contributed by atoms with Crippen LogP contribution in [0.15, 0.2) is 36.4 Å². The van der Waals surface area contributed by atoms with Crippen molar-refractivity contribution in [3.05, 3.63) is 64.6 Å². The van der Waals surface area contributed by atoms with Gasteiger partial charge in [0.1, 0.15) is 18.1 Å². The number of carbonyl (C=O) groups excluding carboxylic acids is 2. The van der Waals surface area contributed by atoms with Crippen molar-refractivity contribution in [2.24, 2.45) is 5.92 Å². The van der Waals surface area contributed by atoms with Gasteiger partial charge >= 0.3 is 6.18 Å². The van der Waals surface area contributed by atoms with Crippen LogP contribution in [-0.4, -0.2) is 94.8 Å². The lowest BCUT2D eigenvalue weighted by Crippen LogP contribution is -2.48. The summed E-state index contributed by atoms with van der Waals surface area (Å²) in [4.78, 5) is 34.9. The van der Waals surface area contributed by atoms with E-state index >= 15 is 0 Å². The molecule has 0 bridgehead atoms. The highest BCUT2D eigenvalue weighted by molar-refractivity contribution is 5.76. The fraction of sp³-hybridized carbons (Fsp3) is 0.590. The van der Waals surface area contributed by atoms with Gasteiger partial charge in [-0.15, -0.1) is 0 Å². The van der Waals surface area contributed by atoms with Crippen LogP contribution in [0.5, 0.6) is 0 Å². The van der Waals surface area contributed by atoms with E-state index in [0.29, 0.717) is 56.4 Å². The summed E-state index contributed by atoms with van der Waals surface area (Å²) in [5.41, 5.74) is 7.26. The molecule has 276 valence electrons. The molecule has 2 saturated heterocycles. The zero-order valence-corrected chi connectivity index (χ0v) is 30.2. The zero-order chi connectivity index (χ0) is 36.1. The smallest absolute Gasteiger partial charge is 0.368 e. The van der Waals surface area contributed by atoms with E-state index in [1.165, 1.54) is 5.56 Å². The van der Waals surface area contributed by atoms with E-state index in [4.69, 9.17) is 5.10 Å². The minimum absolute atomic E-state index is 0.0481. The number of halogens is 3. The Bertz CT molecular complexity index is 1670. The Kier molecular flexibility index (Phi) is 11.7. The van der Waals surface area contributed by atoms with Crippen LogP contribution in [0, 0.1) is 19.8 Å². The maximum absolute atomic E-state index is 13.3. The van der Waals surface area contributed by atoms with Gasteiger partial charge in [0, 0.05) is 69.2 Å². The molecule has 0 aliphatic carbocycles. The second kappa shape index (κ2) is 16.2. The number of carbonyl (C=O) groups is 2. The molecule has 9 nitrogen and oxygen atoms in total. The molecule has 12 heteroatoms. The Balaban J connectivity index is 1.10. The normalized spacial score (nSPS) is 20.3. The first kappa shape index (κ1) is 36.8. The van der Waals surface area contributed by atoms with Gasteiger partial charge in [-0.3, -0.25) is 4.79 Å². The number of pyridine rings is 1. The Hall–Kier alpha value is -3.93. The van der Waals surface area contributed by atoms with Gasteiger partial charge in [0.25, 0.3) is 0 Å². The Labute approximate surface area is 299 Å². The molecule has 6 rings (SSSR count). The van der Waals surface area contributed by atoms with Gasteiger partial charge in [-0.2, -0.15) is 18.3 Å². The topological polar surface area (TPSA) is 86.6 Å². The van der Waals surface area contributed by atoms with Crippen molar-refractivity contribution < 1.29 is 22.8 Å². The van der Waals surface area contributed by atoms with Crippen LogP contribution in [-0.2, 0) is 22.4 Å². The number of nitrogens with zero attached hydrogens (tertiary/aromatic N) is 6. The number of aldehydes is 1. The number of benzene rings is 1. The van der Waals surface area contributed by atoms with E-state index in [1.807, 2.05) is 28.6 Å². The van der Waals surface area contributed by atoms with Crippen molar-refractivity contribution in [3.8, 4) is 5.69 Å². The maximum atomic E-state index is 13.3. The molecule has 3 atom stereocenters. The van der Waals surface area contributed by atoms with E-state index in [-0.39, 0.29) is 12.3 Å². The first-order valence-corrected chi connectivity index (χ1v) is 18.7. The number of alkyl halides is 3. The number of aromatic nitrogens is 3. The Morgan fingerprint density at radius 2 is 1.82 bits per heavy atom. The molecule has 0 spiro atoms. The fourth-order valence-corrected chi connectivity index (χ4v) is 7.98. The SMILES string of the molecule is CCC(CN1CCC(CCc2ccc3c(n2)NC(C(F)(F)F)CC3)C1)c1cc(N2CCN(C(=O)CCCC=O)CC2)cc(-n2nc(C)cc2C)c1. The van der Waals surface area contributed by atoms with Gasteiger partial charge in [0.05, 0.1) is 11.4 Å². The average molecular weight is 708 g/mol. The monoisotopic (exact) mass is 707 g/mol. The van der Waals surface area contributed by atoms with Crippen molar-refractivity contribution >= 4 is 23.7 Å². The molecule has 2 fully saturated rings. The molecule has 51 heavy (non-hydrogen) atoms. The Morgan fingerprint density at radius 1 is 1.04 bits per heavy atom. The predicted octanol–water partition coefficient (Wildman–Crippen LogP) is 6.64. The van der Waals surface area contributed by atoms with E-state index in [1.54, 1.807) is 0 Å². The first-order valence-electron chi connectivity index (χ1n) is 18.7. The summed E-state index contributed by atoms with van der Waals surface area (Å²) in [6.45, 7) is 12.2. The third-order valence-corrected chi connectivity index (χ3v) is 11.0. The highest BCUT2D eigenvalue weighted by Gasteiger charge is 2.41. The molecule has 2 aromatic heterocycles. The van der Waals surface area contributed by atoms with Gasteiger partial charge in [0.15, 0.2) is 0 Å². The highest BCUT2D eigenvalue weighted by Crippen LogP contribution is 2.34. The lowest BCUT2D eigenvalue weighted by Gasteiger charge is -2.37. The number of rotatable bonds is 13. The van der Waals surface area contributed by atoms with E-state index < -0.39 is 12.2 Å². The second-order valence-electron chi connectivity index (χ2n) is 14.7. The number of unbranched alkanes of at least 4 members (excludes halogenated alkanes) is 1. The van der Waals surface area contributed by atoms with Crippen molar-refractivity contribution in [2.75, 3.05) is 56.0 Å². The standard InChI is InChI=1S/C39H52F3N7O2/c1-4-30(26-46-15-14-29(25-46)8-11-33-12-9-31-10-13-36(39(40,41)42)44-38(31)43-33)32-22-34(24-35(23-32)49-28(3)21-27(2)45-49)47-16-18-48(19-17-47)37(51)7-5-6-20-50/h9,12,20-24,29-30,36H,4-8,10-11,13-19,25-26H2,1-3H3,(H,43,44). The highest BCUT2D eigenvalue weighted by atomic mass is 19.4. The number of fused-ring (bicyclic) bond motifs is 1. The molecule has 0 saturated carbocycles. The van der Waals surface area contributed by atoms with Crippen molar-refractivity contribution in [1.29, 1.82) is 0 Å². The molecule has 1 aromatic carbocycles. The third kappa shape index (κ3) is 9.12. The number of likely N-dealkylation sites (tertiary alicyclic amines) is 1. The number of nitrogens with one attached hydrogen (secondary N) is 1. The molecular weight excluding hydrogens is 655 g/mol. The second-order valence-corrected chi connectivity index (χ2v) is 14.7. The van der Waals surface area contributed by atoms with Crippen molar-refractivity contribution in [3.63, 3.8) is 0 Å². The van der Waals surface area contributed by atoms with Crippen molar-refractivity contribution in [2.45, 2.75) is 96.7 Å². The minimum Gasteiger partial charge on any atom is -0.368 e. The van der Waals surface area contributed by atoms with Gasteiger partial charge in [-0.1, -0.05) is 13.0 Å². The van der Waals surface area contributed by atoms with Crippen LogP contribution in [0.4, 0.5) is 24.7 Å². The van der Waals surface area contributed by atoms with Crippen LogP contribution >= 0.6 is 0 Å². The lowest BCUT2D eigenvalue weighted by molar-refractivity contribution is -0.144. The summed E-state index contributed by atoms with van der Waals surface area (Å²) in [5.74, 6) is 1.36. The first-order chi connectivity index (χ1) is 24.5. The minimum atomic E-state index is -4.27. The van der Waals surface area contributed by atoms with Crippen LogP contribution < -0.4 is 10.2 Å². The number of piperazine rings is 1. The summed E-state index contributed by atoms with van der Waals surface area (Å²) in [6, 6.07) is 11.3. The van der Waals surface area contributed by atoms with Gasteiger partial charge in [0.2, 0.25) is 5.91 Å². The predicted molar refractivity (Wildman–Crippen MR) is 194 cm³/mol. The molecule has 5 heterocycles. The van der Waals surface area contributed by atoms with E-state index in [0.717, 1.165) is 98.7 Å². The van der Waals surface area contributed by atoms with Crippen LogP contribution in [0.2, 0.25) is 0 Å². The van der Waals surface area contributed by atoms with Crippen molar-refractivity contribution in [1.82, 2.24) is 24.6 Å². The quantitative estimate of drug-likeness (QED) is 0.158. The molecule has 3 aliphatic rings. The summed E-state index contributed by atoms with van der Waals surface area (Å²) in [7, 11) is 0. The molecule has 3 aromatic rings. The maximum Gasteiger partial charge on any atom is 0.408 e. The van der Waals surface area contributed by atoms with Crippen LogP contribution in [0.3, 0.4) is 0 Å². The number of amides is 1. The summed E-state index contributed by atoms with van der Waals surface area (Å²) < 4.78 is 42.0. The summed E-state index contributed by atoms with van der Waals surface area (Å²) in [5, 5.41) is 7.45. The van der Waals surface area contributed by atoms with Gasteiger partial charge < -0.3 is 24.8 Å². The average Bonchev–Trinajstić information content (AvgIpc) is 3.73. The number of hydrogen-bond acceptors (Lipinski definition) is 7. The molecule has 1 amide bonds. The zero-order valence-electron chi connectivity index (χ0n) is 30.2. The summed E-state index contributed by atoms with van der Waals surface area (Å²) in [6.07, 6.45) is 2.31. The van der Waals surface area contributed by atoms with Crippen LogP contribution in [0.25, 0.3) is 5.69 Å². The fourth-order valence-electron chi connectivity index (χ4n) is 7.98. The lowest BCUT2D eigenvalue weighted by atomic mass is 9.94. The molecule has 0 radical (unpaired) electrons. The Morgan fingerprint density at radius 3 is 2.53 bits per heavy atom. The van der Waals surface area contributed by atoms with E-state index in [9.17, 15) is 22.8 Å². The van der Waals surface area contributed by atoms with Gasteiger partial charge in [-0.05, 0) is 119 Å². The molecule has 3 aliphatic heterocycles. The number of anilines is 2. The van der Waals surface area contributed by atoms with Gasteiger partial charge in [-0.25, -0.2) is 9.67 Å². The number of hydrogen-bond donors (Lipinski definition) is 1. The summed E-state index contributed by atoms with van der Waals surface area (Å²) >= 11 is 0. The van der Waals surface area contributed by atoms with Crippen LogP contribution in [0.1, 0.15) is 86.0 Å². The number of aryl methyl sites for hydroxylation is 4.